The summed E-state index contributed by atoms with van der Waals surface area (Å²) in [6.07, 6.45) is 2.75. The lowest BCUT2D eigenvalue weighted by Crippen LogP contribution is -2.33. The Morgan fingerprint density at radius 2 is 2.00 bits per heavy atom. The number of carbonyl (C=O) groups excluding carboxylic acids is 1. The quantitative estimate of drug-likeness (QED) is 0.905. The first-order valence-electron chi connectivity index (χ1n) is 8.70. The van der Waals surface area contributed by atoms with E-state index >= 15 is 0 Å². The minimum absolute atomic E-state index is 0.0779. The van der Waals surface area contributed by atoms with Crippen molar-refractivity contribution in [3.05, 3.63) is 22.6 Å². The molecule has 0 spiro atoms. The first kappa shape index (κ1) is 17.0. The zero-order chi connectivity index (χ0) is 17.7. The van der Waals surface area contributed by atoms with Gasteiger partial charge in [-0.1, -0.05) is 27.7 Å². The zero-order valence-corrected chi connectivity index (χ0v) is 15.3. The summed E-state index contributed by atoms with van der Waals surface area (Å²) in [4.78, 5) is 26.3. The maximum Gasteiger partial charge on any atom is 0.268 e. The average Bonchev–Trinajstić information content (AvgIpc) is 2.84. The van der Waals surface area contributed by atoms with E-state index in [4.69, 9.17) is 0 Å². The molecule has 2 heterocycles. The molecule has 1 aromatic rings. The minimum Gasteiger partial charge on any atom is -0.370 e. The molecule has 2 aliphatic rings. The Morgan fingerprint density at radius 1 is 1.33 bits per heavy atom. The van der Waals surface area contributed by atoms with E-state index in [-0.39, 0.29) is 28.2 Å². The molecule has 0 radical (unpaired) electrons. The van der Waals surface area contributed by atoms with Gasteiger partial charge in [0.05, 0.1) is 11.9 Å². The highest BCUT2D eigenvalue weighted by Gasteiger charge is 2.68. The van der Waals surface area contributed by atoms with Gasteiger partial charge in [-0.3, -0.25) is 9.59 Å². The lowest BCUT2D eigenvalue weighted by molar-refractivity contribution is -0.123. The number of amides is 1. The molecular formula is C18H28N4O2. The van der Waals surface area contributed by atoms with Gasteiger partial charge in [-0.15, -0.1) is 0 Å². The van der Waals surface area contributed by atoms with Crippen LogP contribution in [0, 0.1) is 22.7 Å². The van der Waals surface area contributed by atoms with Crippen LogP contribution in [0.3, 0.4) is 0 Å². The van der Waals surface area contributed by atoms with Crippen LogP contribution in [-0.4, -0.2) is 35.3 Å². The summed E-state index contributed by atoms with van der Waals surface area (Å²) >= 11 is 0. The van der Waals surface area contributed by atoms with Crippen LogP contribution in [0.5, 0.6) is 0 Å². The van der Waals surface area contributed by atoms with Crippen LogP contribution in [0.25, 0.3) is 0 Å². The van der Waals surface area contributed by atoms with E-state index < -0.39 is 0 Å². The van der Waals surface area contributed by atoms with E-state index in [0.717, 1.165) is 25.2 Å². The van der Waals surface area contributed by atoms with Crippen molar-refractivity contribution in [1.82, 2.24) is 15.1 Å². The molecule has 1 saturated heterocycles. The Bertz CT molecular complexity index is 693. The van der Waals surface area contributed by atoms with Gasteiger partial charge in [-0.2, -0.15) is 5.10 Å². The summed E-state index contributed by atoms with van der Waals surface area (Å²) in [7, 11) is 1.65. The van der Waals surface area contributed by atoms with Crippen molar-refractivity contribution in [3.8, 4) is 0 Å². The first-order chi connectivity index (χ1) is 11.1. The molecule has 1 aliphatic carbocycles. The van der Waals surface area contributed by atoms with E-state index in [1.165, 1.54) is 4.68 Å². The number of aryl methyl sites for hydroxylation is 1. The summed E-state index contributed by atoms with van der Waals surface area (Å²) < 4.78 is 1.33. The highest BCUT2D eigenvalue weighted by molar-refractivity contribution is 5.84. The van der Waals surface area contributed by atoms with E-state index in [9.17, 15) is 9.59 Å². The third kappa shape index (κ3) is 2.72. The molecule has 132 valence electrons. The van der Waals surface area contributed by atoms with Gasteiger partial charge in [0.2, 0.25) is 5.91 Å². The third-order valence-corrected chi connectivity index (χ3v) is 6.45. The Kier molecular flexibility index (Phi) is 3.97. The molecule has 1 saturated carbocycles. The van der Waals surface area contributed by atoms with Crippen LogP contribution < -0.4 is 15.8 Å². The van der Waals surface area contributed by atoms with Gasteiger partial charge in [-0.05, 0) is 23.2 Å². The highest BCUT2D eigenvalue weighted by atomic mass is 16.2. The van der Waals surface area contributed by atoms with Crippen molar-refractivity contribution >= 4 is 11.6 Å². The van der Waals surface area contributed by atoms with Crippen LogP contribution in [0.2, 0.25) is 0 Å². The lowest BCUT2D eigenvalue weighted by atomic mass is 10.0. The molecule has 24 heavy (non-hydrogen) atoms. The van der Waals surface area contributed by atoms with Gasteiger partial charge >= 0.3 is 0 Å². The fourth-order valence-corrected chi connectivity index (χ4v) is 4.07. The van der Waals surface area contributed by atoms with Crippen molar-refractivity contribution < 1.29 is 4.79 Å². The van der Waals surface area contributed by atoms with Gasteiger partial charge in [-0.25, -0.2) is 4.68 Å². The summed E-state index contributed by atoms with van der Waals surface area (Å²) in [5, 5.41) is 7.22. The van der Waals surface area contributed by atoms with Crippen molar-refractivity contribution in [2.45, 2.75) is 34.1 Å². The zero-order valence-electron chi connectivity index (χ0n) is 15.3. The summed E-state index contributed by atoms with van der Waals surface area (Å²) in [6.45, 7) is 11.1. The largest absolute Gasteiger partial charge is 0.370 e. The van der Waals surface area contributed by atoms with Gasteiger partial charge in [0.25, 0.3) is 5.56 Å². The van der Waals surface area contributed by atoms with Gasteiger partial charge < -0.3 is 10.2 Å². The van der Waals surface area contributed by atoms with Gasteiger partial charge in [0.1, 0.15) is 0 Å². The molecule has 6 heteroatoms. The molecule has 1 aromatic heterocycles. The number of rotatable bonds is 4. The smallest absolute Gasteiger partial charge is 0.268 e. The molecule has 6 nitrogen and oxygen atoms in total. The van der Waals surface area contributed by atoms with E-state index in [0.29, 0.717) is 12.5 Å². The van der Waals surface area contributed by atoms with Crippen LogP contribution in [0.15, 0.2) is 17.1 Å². The Balaban J connectivity index is 1.53. The Morgan fingerprint density at radius 3 is 2.58 bits per heavy atom. The molecular weight excluding hydrogens is 304 g/mol. The normalized spacial score (nSPS) is 24.9. The molecule has 1 atom stereocenters. The van der Waals surface area contributed by atoms with E-state index in [1.54, 1.807) is 19.3 Å². The molecule has 1 amide bonds. The van der Waals surface area contributed by atoms with E-state index in [1.807, 2.05) is 0 Å². The van der Waals surface area contributed by atoms with Crippen LogP contribution in [-0.2, 0) is 11.8 Å². The second-order valence-electron chi connectivity index (χ2n) is 8.40. The summed E-state index contributed by atoms with van der Waals surface area (Å²) in [5.74, 6) is 0.700. The van der Waals surface area contributed by atoms with E-state index in [2.05, 4.69) is 43.0 Å². The number of carbonyl (C=O) groups is 1. The standard InChI is InChI=1S/C18H28N4O2/c1-17(2)15(18(17,3)4)16(24)19-9-12-6-7-22(11-12)13-8-14(23)21(5)20-10-13/h8,10,12,15H,6-7,9,11H2,1-5H3,(H,19,24)/t12-/m0/s1. The molecule has 1 N–H and O–H groups in total. The maximum absolute atomic E-state index is 12.4. The van der Waals surface area contributed by atoms with Crippen molar-refractivity contribution in [3.63, 3.8) is 0 Å². The highest BCUT2D eigenvalue weighted by Crippen LogP contribution is 2.68. The van der Waals surface area contributed by atoms with Crippen molar-refractivity contribution in [1.29, 1.82) is 0 Å². The van der Waals surface area contributed by atoms with Crippen molar-refractivity contribution in [2.75, 3.05) is 24.5 Å². The lowest BCUT2D eigenvalue weighted by Gasteiger charge is -2.18. The number of hydrogen-bond donors (Lipinski definition) is 1. The van der Waals surface area contributed by atoms with Gasteiger partial charge in [0.15, 0.2) is 0 Å². The van der Waals surface area contributed by atoms with Crippen LogP contribution in [0.4, 0.5) is 5.69 Å². The fourth-order valence-electron chi connectivity index (χ4n) is 4.07. The maximum atomic E-state index is 12.4. The number of hydrogen-bond acceptors (Lipinski definition) is 4. The molecule has 1 aliphatic heterocycles. The topological polar surface area (TPSA) is 67.2 Å². The molecule has 0 bridgehead atoms. The second kappa shape index (κ2) is 5.60. The predicted molar refractivity (Wildman–Crippen MR) is 93.9 cm³/mol. The number of anilines is 1. The Hall–Kier alpha value is -1.85. The molecule has 3 rings (SSSR count). The summed E-state index contributed by atoms with van der Waals surface area (Å²) in [5.41, 5.74) is 0.933. The number of nitrogens with one attached hydrogen (secondary N) is 1. The third-order valence-electron chi connectivity index (χ3n) is 6.45. The van der Waals surface area contributed by atoms with Crippen LogP contribution >= 0.6 is 0 Å². The number of nitrogens with zero attached hydrogens (tertiary/aromatic N) is 3. The first-order valence-corrected chi connectivity index (χ1v) is 8.70. The number of aromatic nitrogens is 2. The average molecular weight is 332 g/mol. The summed E-state index contributed by atoms with van der Waals surface area (Å²) in [6, 6.07) is 1.63. The predicted octanol–water partition coefficient (Wildman–Crippen LogP) is 1.40. The SMILES string of the molecule is Cn1ncc(N2CC[C@@H](CNC(=O)C3C(C)(C)C3(C)C)C2)cc1=O. The Labute approximate surface area is 143 Å². The monoisotopic (exact) mass is 332 g/mol. The van der Waals surface area contributed by atoms with Gasteiger partial charge in [0, 0.05) is 38.7 Å². The molecule has 2 fully saturated rings. The van der Waals surface area contributed by atoms with Crippen molar-refractivity contribution in [2.24, 2.45) is 29.7 Å². The molecule has 0 unspecified atom stereocenters. The fraction of sp³-hybridized carbons (Fsp3) is 0.722. The minimum atomic E-state index is -0.0950. The van der Waals surface area contributed by atoms with Crippen LogP contribution in [0.1, 0.15) is 34.1 Å². The molecule has 0 aromatic carbocycles. The second-order valence-corrected chi connectivity index (χ2v) is 8.40.